The summed E-state index contributed by atoms with van der Waals surface area (Å²) in [6, 6.07) is 0. The van der Waals surface area contributed by atoms with Crippen molar-refractivity contribution in [2.45, 2.75) is 6.42 Å². The van der Waals surface area contributed by atoms with Crippen LogP contribution in [0, 0.1) is 10.1 Å². The lowest BCUT2D eigenvalue weighted by Crippen LogP contribution is -1.89. The summed E-state index contributed by atoms with van der Waals surface area (Å²) in [7, 11) is 0. The summed E-state index contributed by atoms with van der Waals surface area (Å²) in [4.78, 5) is 16.1. The average molecular weight is 179 g/mol. The quantitative estimate of drug-likeness (QED) is 0.434. The van der Waals surface area contributed by atoms with Gasteiger partial charge in [-0.3, -0.25) is 0 Å². The van der Waals surface area contributed by atoms with E-state index >= 15 is 0 Å². The van der Waals surface area contributed by atoms with Gasteiger partial charge in [-0.15, -0.1) is 6.58 Å². The van der Waals surface area contributed by atoms with Crippen molar-refractivity contribution in [2.24, 2.45) is 0 Å². The average Bonchev–Trinajstić information content (AvgIpc) is 2.48. The molecule has 13 heavy (non-hydrogen) atoms. The number of H-pyrrole nitrogens is 1. The van der Waals surface area contributed by atoms with Crippen molar-refractivity contribution in [3.05, 3.63) is 40.7 Å². The van der Waals surface area contributed by atoms with Crippen molar-refractivity contribution >= 4 is 12.0 Å². The number of allylic oxidation sites excluding steroid dienone is 1. The van der Waals surface area contributed by atoms with Gasteiger partial charge in [-0.25, -0.2) is 4.98 Å². The van der Waals surface area contributed by atoms with Gasteiger partial charge in [0.1, 0.15) is 5.69 Å². The molecule has 1 aromatic heterocycles. The molecule has 0 saturated heterocycles. The Labute approximate surface area is 75.0 Å². The van der Waals surface area contributed by atoms with E-state index in [-0.39, 0.29) is 5.95 Å². The summed E-state index contributed by atoms with van der Waals surface area (Å²) in [5, 5.41) is 10.3. The van der Waals surface area contributed by atoms with Gasteiger partial charge in [0.15, 0.2) is 5.69 Å². The normalized spacial score (nSPS) is 9.54. The summed E-state index contributed by atoms with van der Waals surface area (Å²) >= 11 is 0. The molecule has 0 aliphatic carbocycles. The smallest absolute Gasteiger partial charge is 0.390 e. The third kappa shape index (κ3) is 1.81. The van der Waals surface area contributed by atoms with Crippen LogP contribution in [0.3, 0.4) is 0 Å². The number of aromatic amines is 1. The van der Waals surface area contributed by atoms with Gasteiger partial charge >= 0.3 is 5.95 Å². The molecule has 0 amide bonds. The third-order valence-corrected chi connectivity index (χ3v) is 1.51. The van der Waals surface area contributed by atoms with E-state index in [1.165, 1.54) is 6.08 Å². The van der Waals surface area contributed by atoms with Crippen molar-refractivity contribution in [3.63, 3.8) is 0 Å². The summed E-state index contributed by atoms with van der Waals surface area (Å²) in [6.07, 6.45) is 3.63. The van der Waals surface area contributed by atoms with Crippen LogP contribution in [0.2, 0.25) is 0 Å². The fraction of sp³-hybridized carbons (Fsp3) is 0.125. The van der Waals surface area contributed by atoms with Gasteiger partial charge in [-0.05, 0) is 11.0 Å². The van der Waals surface area contributed by atoms with Crippen LogP contribution in [0.25, 0.3) is 6.08 Å². The van der Waals surface area contributed by atoms with E-state index in [1.807, 2.05) is 0 Å². The number of hydrogen-bond acceptors (Lipinski definition) is 3. The van der Waals surface area contributed by atoms with Crippen LogP contribution < -0.4 is 0 Å². The van der Waals surface area contributed by atoms with E-state index in [0.717, 1.165) is 0 Å². The first kappa shape index (κ1) is 9.18. The highest BCUT2D eigenvalue weighted by Crippen LogP contribution is 2.13. The van der Waals surface area contributed by atoms with Crippen molar-refractivity contribution in [1.82, 2.24) is 9.97 Å². The Balaban J connectivity index is 3.10. The Morgan fingerprint density at radius 3 is 2.77 bits per heavy atom. The number of nitrogens with one attached hydrogen (secondary N) is 1. The number of rotatable bonds is 4. The van der Waals surface area contributed by atoms with Gasteiger partial charge in [0, 0.05) is 6.42 Å². The molecule has 0 saturated carbocycles. The first-order chi connectivity index (χ1) is 6.19. The van der Waals surface area contributed by atoms with Crippen LogP contribution in [-0.4, -0.2) is 14.9 Å². The first-order valence-corrected chi connectivity index (χ1v) is 3.65. The highest BCUT2D eigenvalue weighted by atomic mass is 16.6. The number of imidazole rings is 1. The maximum atomic E-state index is 10.3. The summed E-state index contributed by atoms with van der Waals surface area (Å²) in [5.74, 6) is -0.258. The number of hydrogen-bond donors (Lipinski definition) is 1. The van der Waals surface area contributed by atoms with Crippen LogP contribution in [0.1, 0.15) is 11.4 Å². The molecule has 0 aliphatic heterocycles. The Kier molecular flexibility index (Phi) is 2.59. The van der Waals surface area contributed by atoms with Crippen LogP contribution in [0.5, 0.6) is 0 Å². The number of nitro groups is 1. The van der Waals surface area contributed by atoms with Gasteiger partial charge in [0.25, 0.3) is 0 Å². The van der Waals surface area contributed by atoms with E-state index in [1.54, 1.807) is 6.08 Å². The second kappa shape index (κ2) is 3.66. The largest absolute Gasteiger partial charge is 0.433 e. The minimum atomic E-state index is -0.570. The maximum absolute atomic E-state index is 10.3. The highest BCUT2D eigenvalue weighted by molar-refractivity contribution is 5.47. The van der Waals surface area contributed by atoms with Crippen molar-refractivity contribution in [2.75, 3.05) is 0 Å². The lowest BCUT2D eigenvalue weighted by Gasteiger charge is -1.86. The first-order valence-electron chi connectivity index (χ1n) is 3.65. The van der Waals surface area contributed by atoms with Gasteiger partial charge in [-0.2, -0.15) is 0 Å². The highest BCUT2D eigenvalue weighted by Gasteiger charge is 2.15. The van der Waals surface area contributed by atoms with Gasteiger partial charge in [0.2, 0.25) is 0 Å². The number of nitrogens with zero attached hydrogens (tertiary/aromatic N) is 2. The predicted octanol–water partition coefficient (Wildman–Crippen LogP) is 1.69. The zero-order valence-electron chi connectivity index (χ0n) is 6.99. The molecule has 1 heterocycles. The molecule has 0 radical (unpaired) electrons. The van der Waals surface area contributed by atoms with E-state index in [9.17, 15) is 10.1 Å². The summed E-state index contributed by atoms with van der Waals surface area (Å²) in [6.45, 7) is 7.04. The molecule has 0 aliphatic rings. The van der Waals surface area contributed by atoms with Crippen LogP contribution in [0.4, 0.5) is 5.95 Å². The molecule has 0 bridgehead atoms. The Morgan fingerprint density at radius 2 is 2.31 bits per heavy atom. The van der Waals surface area contributed by atoms with Gasteiger partial charge < -0.3 is 10.1 Å². The van der Waals surface area contributed by atoms with E-state index in [2.05, 4.69) is 23.1 Å². The van der Waals surface area contributed by atoms with E-state index in [4.69, 9.17) is 0 Å². The molecule has 1 aromatic rings. The summed E-state index contributed by atoms with van der Waals surface area (Å²) in [5.41, 5.74) is 1.17. The Morgan fingerprint density at radius 1 is 1.62 bits per heavy atom. The molecule has 1 N–H and O–H groups in total. The van der Waals surface area contributed by atoms with Gasteiger partial charge in [0.05, 0.1) is 0 Å². The second-order valence-electron chi connectivity index (χ2n) is 2.38. The minimum absolute atomic E-state index is 0.258. The molecule has 0 spiro atoms. The van der Waals surface area contributed by atoms with E-state index < -0.39 is 4.92 Å². The molecule has 5 heteroatoms. The molecular weight excluding hydrogens is 170 g/mol. The topological polar surface area (TPSA) is 71.8 Å². The predicted molar refractivity (Wildman–Crippen MR) is 49.2 cm³/mol. The molecule has 68 valence electrons. The molecule has 0 unspecified atom stereocenters. The fourth-order valence-electron chi connectivity index (χ4n) is 0.964. The van der Waals surface area contributed by atoms with Crippen LogP contribution >= 0.6 is 0 Å². The summed E-state index contributed by atoms with van der Waals surface area (Å²) < 4.78 is 0. The molecule has 1 rings (SSSR count). The SMILES string of the molecule is C=CCc1[nH]c([N+](=O)[O-])nc1C=C. The van der Waals surface area contributed by atoms with Crippen molar-refractivity contribution in [1.29, 1.82) is 0 Å². The van der Waals surface area contributed by atoms with E-state index in [0.29, 0.717) is 17.8 Å². The standard InChI is InChI=1S/C8H9N3O2/c1-3-5-7-6(4-2)9-8(10-7)11(12)13/h3-4H,1-2,5H2,(H,9,10). The maximum Gasteiger partial charge on any atom is 0.433 e. The van der Waals surface area contributed by atoms with Crippen LogP contribution in [0.15, 0.2) is 19.2 Å². The second-order valence-corrected chi connectivity index (χ2v) is 2.38. The monoisotopic (exact) mass is 179 g/mol. The zero-order valence-corrected chi connectivity index (χ0v) is 6.99. The zero-order chi connectivity index (χ0) is 9.84. The minimum Gasteiger partial charge on any atom is -0.390 e. The lowest BCUT2D eigenvalue weighted by atomic mass is 10.2. The van der Waals surface area contributed by atoms with Crippen molar-refractivity contribution < 1.29 is 4.92 Å². The number of aromatic nitrogens is 2. The van der Waals surface area contributed by atoms with Crippen molar-refractivity contribution in [3.8, 4) is 0 Å². The third-order valence-electron chi connectivity index (χ3n) is 1.51. The lowest BCUT2D eigenvalue weighted by molar-refractivity contribution is -0.393. The molecule has 0 atom stereocenters. The van der Waals surface area contributed by atoms with Gasteiger partial charge in [-0.1, -0.05) is 17.6 Å². The Hall–Kier alpha value is -1.91. The molecular formula is C8H9N3O2. The molecule has 0 fully saturated rings. The molecule has 0 aromatic carbocycles. The Bertz CT molecular complexity index is 354. The van der Waals surface area contributed by atoms with Crippen LogP contribution in [-0.2, 0) is 6.42 Å². The molecule has 5 nitrogen and oxygen atoms in total. The fourth-order valence-corrected chi connectivity index (χ4v) is 0.964.